The zero-order valence-corrected chi connectivity index (χ0v) is 14.0. The molecule has 0 saturated carbocycles. The molecule has 0 bridgehead atoms. The van der Waals surface area contributed by atoms with Crippen LogP contribution in [0.3, 0.4) is 0 Å². The number of rotatable bonds is 2. The molecule has 4 rings (SSSR count). The first kappa shape index (κ1) is 17.9. The van der Waals surface area contributed by atoms with Crippen LogP contribution in [0.4, 0.5) is 5.69 Å². The molecular formula is C17H14Cl2N4O. The summed E-state index contributed by atoms with van der Waals surface area (Å²) in [6.45, 7) is 0. The Labute approximate surface area is 150 Å². The second-order valence-corrected chi connectivity index (χ2v) is 5.13. The van der Waals surface area contributed by atoms with Gasteiger partial charge in [-0.3, -0.25) is 4.79 Å². The molecule has 3 N–H and O–H groups in total. The average molecular weight is 361 g/mol. The normalized spacial score (nSPS) is 15.1. The number of quaternary nitrogens is 1. The van der Waals surface area contributed by atoms with Crippen LogP contribution in [0.15, 0.2) is 70.7 Å². The first-order valence-corrected chi connectivity index (χ1v) is 7.03. The Bertz CT molecular complexity index is 952. The molecule has 3 aromatic rings. The first-order chi connectivity index (χ1) is 10.8. The summed E-state index contributed by atoms with van der Waals surface area (Å²) >= 11 is 0. The lowest BCUT2D eigenvalue weighted by Crippen LogP contribution is -3.00. The minimum absolute atomic E-state index is 0. The number of H-pyrrole nitrogens is 2. The number of hydrogen-bond donors (Lipinski definition) is 2. The van der Waals surface area contributed by atoms with E-state index in [0.29, 0.717) is 5.39 Å². The lowest BCUT2D eigenvalue weighted by atomic mass is 10.0. The third-order valence-electron chi connectivity index (χ3n) is 3.80. The Morgan fingerprint density at radius 1 is 0.958 bits per heavy atom. The van der Waals surface area contributed by atoms with Crippen LogP contribution < -0.4 is 40.4 Å². The molecule has 2 heterocycles. The van der Waals surface area contributed by atoms with Crippen LogP contribution in [0.2, 0.25) is 0 Å². The third kappa shape index (κ3) is 3.10. The number of aromatic nitrogens is 2. The summed E-state index contributed by atoms with van der Waals surface area (Å²) < 4.78 is 0. The van der Waals surface area contributed by atoms with Crippen molar-refractivity contribution >= 4 is 22.8 Å². The Hall–Kier alpha value is -2.47. The minimum Gasteiger partial charge on any atom is -1.00 e. The summed E-state index contributed by atoms with van der Waals surface area (Å²) in [5, 5.41) is 7.29. The molecule has 7 heteroatoms. The summed E-state index contributed by atoms with van der Waals surface area (Å²) in [5.41, 5.74) is 2.94. The molecule has 1 aromatic heterocycles. The highest BCUT2D eigenvalue weighted by Crippen LogP contribution is 2.22. The molecular weight excluding hydrogens is 347 g/mol. The van der Waals surface area contributed by atoms with Crippen molar-refractivity contribution in [2.24, 2.45) is 4.99 Å². The molecule has 5 nitrogen and oxygen atoms in total. The molecule has 1 atom stereocenters. The fourth-order valence-electron chi connectivity index (χ4n) is 2.67. The largest absolute Gasteiger partial charge is 1.00 e. The van der Waals surface area contributed by atoms with Gasteiger partial charge in [0.1, 0.15) is 11.9 Å². The van der Waals surface area contributed by atoms with Gasteiger partial charge in [0, 0.05) is 17.7 Å². The van der Waals surface area contributed by atoms with Crippen molar-refractivity contribution in [3.05, 3.63) is 71.3 Å². The SMILES string of the molecule is O=c1[nH][nH+]c(-c2ccc([NH+]3C=CN=C3)cc2)c2ccccc12.[Cl-].[Cl-]. The van der Waals surface area contributed by atoms with Gasteiger partial charge in [0.15, 0.2) is 6.34 Å². The summed E-state index contributed by atoms with van der Waals surface area (Å²) in [4.78, 5) is 17.1. The van der Waals surface area contributed by atoms with E-state index in [4.69, 9.17) is 0 Å². The van der Waals surface area contributed by atoms with E-state index in [0.717, 1.165) is 27.2 Å². The van der Waals surface area contributed by atoms with E-state index in [1.165, 1.54) is 0 Å². The number of aliphatic imine (C=N–C) groups is 1. The molecule has 0 amide bonds. The lowest BCUT2D eigenvalue weighted by Gasteiger charge is -2.05. The molecule has 0 aliphatic carbocycles. The van der Waals surface area contributed by atoms with Crippen LogP contribution in [0.25, 0.3) is 22.0 Å². The van der Waals surface area contributed by atoms with Crippen molar-refractivity contribution < 1.29 is 34.8 Å². The van der Waals surface area contributed by atoms with Gasteiger partial charge in [-0.25, -0.2) is 9.89 Å². The number of hydrogen-bond acceptors (Lipinski definition) is 2. The van der Waals surface area contributed by atoms with Gasteiger partial charge in [-0.05, 0) is 24.3 Å². The standard InChI is InChI=1S/C17H12N4O.2ClH/c22-17-15-4-2-1-3-14(15)16(19-20-17)12-5-7-13(8-6-12)21-10-9-18-11-21;;/h1-11H,(H,20,22);2*1H. The topological polar surface area (TPSA) is 63.8 Å². The van der Waals surface area contributed by atoms with E-state index >= 15 is 0 Å². The van der Waals surface area contributed by atoms with Crippen LogP contribution in [0.1, 0.15) is 0 Å². The molecule has 122 valence electrons. The molecule has 0 radical (unpaired) electrons. The van der Waals surface area contributed by atoms with Crippen molar-refractivity contribution in [1.29, 1.82) is 0 Å². The maximum Gasteiger partial charge on any atom is 0.305 e. The molecule has 0 fully saturated rings. The maximum atomic E-state index is 11.9. The van der Waals surface area contributed by atoms with Crippen molar-refractivity contribution in [3.8, 4) is 11.3 Å². The lowest BCUT2D eigenvalue weighted by molar-refractivity contribution is -0.654. The molecule has 0 spiro atoms. The van der Waals surface area contributed by atoms with Crippen molar-refractivity contribution in [3.63, 3.8) is 0 Å². The summed E-state index contributed by atoms with van der Waals surface area (Å²) in [6, 6.07) is 15.8. The van der Waals surface area contributed by atoms with Gasteiger partial charge in [-0.1, -0.05) is 12.1 Å². The van der Waals surface area contributed by atoms with E-state index in [-0.39, 0.29) is 30.4 Å². The number of halogens is 2. The van der Waals surface area contributed by atoms with Gasteiger partial charge in [0.05, 0.1) is 17.0 Å². The van der Waals surface area contributed by atoms with Crippen LogP contribution >= 0.6 is 0 Å². The van der Waals surface area contributed by atoms with Gasteiger partial charge in [0.2, 0.25) is 5.69 Å². The zero-order chi connectivity index (χ0) is 14.9. The molecule has 1 aliphatic heterocycles. The van der Waals surface area contributed by atoms with Gasteiger partial charge >= 0.3 is 5.56 Å². The van der Waals surface area contributed by atoms with Gasteiger partial charge < -0.3 is 24.8 Å². The van der Waals surface area contributed by atoms with Crippen LogP contribution in [-0.2, 0) is 0 Å². The van der Waals surface area contributed by atoms with Crippen LogP contribution in [0, 0.1) is 0 Å². The number of nitrogens with zero attached hydrogens (tertiary/aromatic N) is 1. The minimum atomic E-state index is -0.112. The van der Waals surface area contributed by atoms with Crippen LogP contribution in [0.5, 0.6) is 0 Å². The highest BCUT2D eigenvalue weighted by Gasteiger charge is 2.15. The van der Waals surface area contributed by atoms with E-state index in [1.807, 2.05) is 48.9 Å². The molecule has 24 heavy (non-hydrogen) atoms. The zero-order valence-electron chi connectivity index (χ0n) is 12.5. The number of fused-ring (bicyclic) bond motifs is 1. The van der Waals surface area contributed by atoms with E-state index in [2.05, 4.69) is 27.3 Å². The second-order valence-electron chi connectivity index (χ2n) is 5.13. The fourth-order valence-corrected chi connectivity index (χ4v) is 2.67. The third-order valence-corrected chi connectivity index (χ3v) is 3.80. The summed E-state index contributed by atoms with van der Waals surface area (Å²) in [7, 11) is 0. The monoisotopic (exact) mass is 360 g/mol. The fraction of sp³-hybridized carbons (Fsp3) is 0. The molecule has 1 unspecified atom stereocenters. The molecule has 2 aromatic carbocycles. The number of benzene rings is 2. The van der Waals surface area contributed by atoms with Gasteiger partial charge in [0.25, 0.3) is 0 Å². The summed E-state index contributed by atoms with van der Waals surface area (Å²) in [5.74, 6) is 0. The Morgan fingerprint density at radius 2 is 1.67 bits per heavy atom. The van der Waals surface area contributed by atoms with E-state index in [9.17, 15) is 4.79 Å². The predicted octanol–water partition coefficient (Wildman–Crippen LogP) is -4.95. The second kappa shape index (κ2) is 7.40. The predicted molar refractivity (Wildman–Crippen MR) is 84.8 cm³/mol. The first-order valence-electron chi connectivity index (χ1n) is 7.03. The van der Waals surface area contributed by atoms with E-state index < -0.39 is 0 Å². The van der Waals surface area contributed by atoms with Crippen LogP contribution in [-0.4, -0.2) is 11.4 Å². The summed E-state index contributed by atoms with van der Waals surface area (Å²) in [6.07, 6.45) is 5.61. The highest BCUT2D eigenvalue weighted by atomic mass is 35.5. The Kier molecular flexibility index (Phi) is 5.51. The van der Waals surface area contributed by atoms with Gasteiger partial charge in [-0.15, -0.1) is 10.2 Å². The van der Waals surface area contributed by atoms with Crippen molar-refractivity contribution in [2.45, 2.75) is 0 Å². The highest BCUT2D eigenvalue weighted by molar-refractivity contribution is 5.92. The van der Waals surface area contributed by atoms with Crippen molar-refractivity contribution in [1.82, 2.24) is 5.10 Å². The Balaban J connectivity index is 0.00000104. The number of aromatic amines is 2. The molecule has 1 aliphatic rings. The quantitative estimate of drug-likeness (QED) is 0.472. The number of nitrogens with one attached hydrogen (secondary N) is 3. The Morgan fingerprint density at radius 3 is 2.33 bits per heavy atom. The van der Waals surface area contributed by atoms with E-state index in [1.54, 1.807) is 6.20 Å². The average Bonchev–Trinajstić information content (AvgIpc) is 3.10. The smallest absolute Gasteiger partial charge is 0.305 e. The maximum absolute atomic E-state index is 11.9. The molecule has 0 saturated heterocycles. The van der Waals surface area contributed by atoms with Gasteiger partial charge in [-0.2, -0.15) is 0 Å². The van der Waals surface area contributed by atoms with Crippen molar-refractivity contribution in [2.75, 3.05) is 0 Å².